The Balaban J connectivity index is 1.35. The van der Waals surface area contributed by atoms with E-state index in [2.05, 4.69) is 10.3 Å². The number of nitrogens with zero attached hydrogens (tertiary/aromatic N) is 2. The number of hydrogen-bond donors (Lipinski definition) is 1. The Bertz CT molecular complexity index is 808. The minimum Gasteiger partial charge on any atom is -0.440 e. The van der Waals surface area contributed by atoms with Crippen molar-refractivity contribution < 1.29 is 18.8 Å². The second-order valence-corrected chi connectivity index (χ2v) is 7.44. The Kier molecular flexibility index (Phi) is 4.20. The fraction of sp³-hybridized carbons (Fsp3) is 0.412. The number of para-hydroxylation sites is 2. The molecule has 1 N–H and O–H groups in total. The standard InChI is InChI=1S/C17H17N3O4S/c21-14(9-13-15(22)19-17(23)25-13)20-7-5-10(6-8-20)16-18-11-3-1-2-4-12(11)24-16/h1-4,10,13H,5-9H2,(H,19,22,23). The third-order valence-electron chi connectivity index (χ3n) is 4.63. The molecule has 0 radical (unpaired) electrons. The summed E-state index contributed by atoms with van der Waals surface area (Å²) >= 11 is 0.894. The van der Waals surface area contributed by atoms with E-state index in [1.165, 1.54) is 0 Å². The summed E-state index contributed by atoms with van der Waals surface area (Å²) in [6.07, 6.45) is 1.62. The highest BCUT2D eigenvalue weighted by atomic mass is 32.2. The lowest BCUT2D eigenvalue weighted by molar-refractivity contribution is -0.134. The second kappa shape index (κ2) is 6.51. The fourth-order valence-electron chi connectivity index (χ4n) is 3.26. The molecule has 2 aliphatic rings. The predicted octanol–water partition coefficient (Wildman–Crippen LogP) is 2.28. The van der Waals surface area contributed by atoms with Crippen LogP contribution in [0.5, 0.6) is 0 Å². The minimum atomic E-state index is -0.602. The van der Waals surface area contributed by atoms with Gasteiger partial charge in [0.25, 0.3) is 5.24 Å². The highest BCUT2D eigenvalue weighted by molar-refractivity contribution is 8.15. The van der Waals surface area contributed by atoms with E-state index in [9.17, 15) is 14.4 Å². The molecular weight excluding hydrogens is 342 g/mol. The number of benzene rings is 1. The number of nitrogens with one attached hydrogen (secondary N) is 1. The van der Waals surface area contributed by atoms with E-state index in [1.54, 1.807) is 4.90 Å². The Morgan fingerprint density at radius 1 is 1.28 bits per heavy atom. The SMILES string of the molecule is O=C1NC(=O)C(CC(=O)N2CCC(c3nc4ccccc4o3)CC2)S1. The van der Waals surface area contributed by atoms with E-state index in [0.29, 0.717) is 13.1 Å². The van der Waals surface area contributed by atoms with Crippen molar-refractivity contribution in [2.24, 2.45) is 0 Å². The van der Waals surface area contributed by atoms with E-state index in [1.807, 2.05) is 24.3 Å². The third kappa shape index (κ3) is 3.26. The summed E-state index contributed by atoms with van der Waals surface area (Å²) in [4.78, 5) is 41.4. The summed E-state index contributed by atoms with van der Waals surface area (Å²) in [7, 11) is 0. The molecule has 3 heterocycles. The molecule has 8 heteroatoms. The number of rotatable bonds is 3. The number of amides is 3. The van der Waals surface area contributed by atoms with Gasteiger partial charge in [-0.3, -0.25) is 19.7 Å². The van der Waals surface area contributed by atoms with Gasteiger partial charge in [-0.2, -0.15) is 0 Å². The van der Waals surface area contributed by atoms with Gasteiger partial charge < -0.3 is 9.32 Å². The Morgan fingerprint density at radius 3 is 2.72 bits per heavy atom. The molecule has 25 heavy (non-hydrogen) atoms. The normalized spacial score (nSPS) is 21.8. The quantitative estimate of drug-likeness (QED) is 0.904. The Hall–Kier alpha value is -2.35. The van der Waals surface area contributed by atoms with Crippen LogP contribution in [0.1, 0.15) is 31.1 Å². The Morgan fingerprint density at radius 2 is 2.04 bits per heavy atom. The van der Waals surface area contributed by atoms with Crippen LogP contribution in [0.15, 0.2) is 28.7 Å². The summed E-state index contributed by atoms with van der Waals surface area (Å²) in [5.74, 6) is 0.467. The maximum atomic E-state index is 12.4. The summed E-state index contributed by atoms with van der Waals surface area (Å²) in [5.41, 5.74) is 1.63. The molecule has 3 amide bonds. The smallest absolute Gasteiger partial charge is 0.286 e. The molecule has 1 unspecified atom stereocenters. The van der Waals surface area contributed by atoms with Gasteiger partial charge >= 0.3 is 0 Å². The van der Waals surface area contributed by atoms with Crippen LogP contribution in [0.2, 0.25) is 0 Å². The number of likely N-dealkylation sites (tertiary alicyclic amines) is 1. The first-order chi connectivity index (χ1) is 12.1. The van der Waals surface area contributed by atoms with Gasteiger partial charge in [0.15, 0.2) is 11.5 Å². The van der Waals surface area contributed by atoms with Crippen molar-refractivity contribution in [1.82, 2.24) is 15.2 Å². The Labute approximate surface area is 148 Å². The van der Waals surface area contributed by atoms with E-state index in [-0.39, 0.29) is 29.4 Å². The molecule has 0 aliphatic carbocycles. The summed E-state index contributed by atoms with van der Waals surface area (Å²) in [5, 5.41) is 1.23. The molecule has 4 rings (SSSR count). The zero-order valence-electron chi connectivity index (χ0n) is 13.4. The first kappa shape index (κ1) is 16.1. The number of carbonyl (C=O) groups excluding carboxylic acids is 3. The van der Waals surface area contributed by atoms with Crippen molar-refractivity contribution in [2.75, 3.05) is 13.1 Å². The highest BCUT2D eigenvalue weighted by Crippen LogP contribution is 2.31. The number of carbonyl (C=O) groups is 3. The van der Waals surface area contributed by atoms with Gasteiger partial charge in [0.1, 0.15) is 10.8 Å². The molecule has 2 aromatic rings. The molecule has 0 bridgehead atoms. The van der Waals surface area contributed by atoms with Gasteiger partial charge in [-0.15, -0.1) is 0 Å². The molecular formula is C17H17N3O4S. The first-order valence-corrected chi connectivity index (χ1v) is 9.13. The van der Waals surface area contributed by atoms with Gasteiger partial charge in [-0.25, -0.2) is 4.98 Å². The molecule has 130 valence electrons. The number of fused-ring (bicyclic) bond motifs is 1. The van der Waals surface area contributed by atoms with E-state index in [0.717, 1.165) is 41.6 Å². The largest absolute Gasteiger partial charge is 0.440 e. The van der Waals surface area contributed by atoms with Crippen LogP contribution in [-0.4, -0.2) is 45.3 Å². The molecule has 1 atom stereocenters. The average Bonchev–Trinajstić information content (AvgIpc) is 3.18. The fourth-order valence-corrected chi connectivity index (χ4v) is 4.07. The van der Waals surface area contributed by atoms with Crippen LogP contribution in [0.4, 0.5) is 4.79 Å². The van der Waals surface area contributed by atoms with Crippen molar-refractivity contribution in [3.8, 4) is 0 Å². The zero-order chi connectivity index (χ0) is 17.4. The lowest BCUT2D eigenvalue weighted by atomic mass is 9.96. The van der Waals surface area contributed by atoms with E-state index >= 15 is 0 Å². The lowest BCUT2D eigenvalue weighted by Gasteiger charge is -2.31. The van der Waals surface area contributed by atoms with Gasteiger partial charge in [0.2, 0.25) is 11.8 Å². The topological polar surface area (TPSA) is 92.5 Å². The molecule has 7 nitrogen and oxygen atoms in total. The molecule has 0 saturated carbocycles. The van der Waals surface area contributed by atoms with Crippen LogP contribution in [-0.2, 0) is 9.59 Å². The van der Waals surface area contributed by atoms with Gasteiger partial charge in [0, 0.05) is 25.4 Å². The number of aromatic nitrogens is 1. The van der Waals surface area contributed by atoms with Crippen molar-refractivity contribution in [3.63, 3.8) is 0 Å². The van der Waals surface area contributed by atoms with Gasteiger partial charge in [0.05, 0.1) is 0 Å². The van der Waals surface area contributed by atoms with Crippen LogP contribution >= 0.6 is 11.8 Å². The molecule has 0 spiro atoms. The van der Waals surface area contributed by atoms with Crippen molar-refractivity contribution in [1.29, 1.82) is 0 Å². The van der Waals surface area contributed by atoms with Gasteiger partial charge in [-0.1, -0.05) is 23.9 Å². The number of oxazole rings is 1. The van der Waals surface area contributed by atoms with Crippen molar-refractivity contribution in [2.45, 2.75) is 30.4 Å². The second-order valence-electron chi connectivity index (χ2n) is 6.26. The van der Waals surface area contributed by atoms with Gasteiger partial charge in [-0.05, 0) is 25.0 Å². The minimum absolute atomic E-state index is 0.0653. The van der Waals surface area contributed by atoms with Crippen LogP contribution < -0.4 is 5.32 Å². The van der Waals surface area contributed by atoms with Crippen LogP contribution in [0.3, 0.4) is 0 Å². The number of thioether (sulfide) groups is 1. The maximum Gasteiger partial charge on any atom is 0.286 e. The predicted molar refractivity (Wildman–Crippen MR) is 92.1 cm³/mol. The lowest BCUT2D eigenvalue weighted by Crippen LogP contribution is -2.40. The molecule has 1 aromatic heterocycles. The summed E-state index contributed by atoms with van der Waals surface area (Å²) in [6.45, 7) is 1.21. The third-order valence-corrected chi connectivity index (χ3v) is 5.62. The number of imide groups is 1. The van der Waals surface area contributed by atoms with E-state index < -0.39 is 5.25 Å². The molecule has 2 saturated heterocycles. The average molecular weight is 359 g/mol. The first-order valence-electron chi connectivity index (χ1n) is 8.25. The molecule has 2 fully saturated rings. The molecule has 1 aromatic carbocycles. The van der Waals surface area contributed by atoms with Crippen molar-refractivity contribution >= 4 is 39.9 Å². The molecule has 2 aliphatic heterocycles. The zero-order valence-corrected chi connectivity index (χ0v) is 14.3. The van der Waals surface area contributed by atoms with Crippen LogP contribution in [0.25, 0.3) is 11.1 Å². The number of piperidine rings is 1. The monoisotopic (exact) mass is 359 g/mol. The summed E-state index contributed by atoms with van der Waals surface area (Å²) in [6, 6.07) is 7.67. The number of hydrogen-bond acceptors (Lipinski definition) is 6. The van der Waals surface area contributed by atoms with E-state index in [4.69, 9.17) is 4.42 Å². The van der Waals surface area contributed by atoms with Crippen molar-refractivity contribution in [3.05, 3.63) is 30.2 Å². The maximum absolute atomic E-state index is 12.4. The summed E-state index contributed by atoms with van der Waals surface area (Å²) < 4.78 is 5.83. The highest BCUT2D eigenvalue weighted by Gasteiger charge is 2.35. The van der Waals surface area contributed by atoms with Crippen LogP contribution in [0, 0.1) is 0 Å².